The molecule has 0 atom stereocenters. The number of aromatic amines is 1. The number of rotatable bonds is 1. The van der Waals surface area contributed by atoms with Gasteiger partial charge in [0.25, 0.3) is 5.56 Å². The van der Waals surface area contributed by atoms with Gasteiger partial charge in [-0.1, -0.05) is 59.7 Å². The topological polar surface area (TPSA) is 37.8 Å². The van der Waals surface area contributed by atoms with E-state index in [2.05, 4.69) is 46.6 Å². The standard InChI is InChI=1S/C17H24N2O/c1-16(2,3)13-14(17(4,5)6)18-19(15(13)20)12-10-8-7-9-11-12/h7-11,18H,1-6H3. The molecule has 2 rings (SSSR count). The lowest BCUT2D eigenvalue weighted by atomic mass is 9.80. The number of para-hydroxylation sites is 1. The minimum atomic E-state index is -0.184. The highest BCUT2D eigenvalue weighted by Gasteiger charge is 2.31. The van der Waals surface area contributed by atoms with E-state index in [1.807, 2.05) is 30.3 Å². The van der Waals surface area contributed by atoms with Crippen molar-refractivity contribution >= 4 is 0 Å². The van der Waals surface area contributed by atoms with Crippen LogP contribution in [0.1, 0.15) is 52.8 Å². The Balaban J connectivity index is 2.76. The molecule has 0 saturated heterocycles. The van der Waals surface area contributed by atoms with Gasteiger partial charge in [-0.25, -0.2) is 4.68 Å². The minimum Gasteiger partial charge on any atom is -0.294 e. The van der Waals surface area contributed by atoms with Crippen molar-refractivity contribution in [2.24, 2.45) is 0 Å². The van der Waals surface area contributed by atoms with Gasteiger partial charge in [0.2, 0.25) is 0 Å². The van der Waals surface area contributed by atoms with Gasteiger partial charge < -0.3 is 0 Å². The van der Waals surface area contributed by atoms with E-state index in [1.165, 1.54) is 0 Å². The first-order chi connectivity index (χ1) is 9.12. The van der Waals surface area contributed by atoms with Crippen molar-refractivity contribution in [2.75, 3.05) is 0 Å². The summed E-state index contributed by atoms with van der Waals surface area (Å²) in [4.78, 5) is 12.8. The normalized spacial score (nSPS) is 12.7. The zero-order chi connectivity index (χ0) is 15.1. The molecule has 0 aliphatic rings. The molecule has 0 spiro atoms. The van der Waals surface area contributed by atoms with Crippen molar-refractivity contribution in [1.82, 2.24) is 9.78 Å². The van der Waals surface area contributed by atoms with Crippen LogP contribution in [0.5, 0.6) is 0 Å². The molecule has 0 saturated carbocycles. The minimum absolute atomic E-state index is 0.0497. The lowest BCUT2D eigenvalue weighted by molar-refractivity contribution is 0.517. The van der Waals surface area contributed by atoms with E-state index in [1.54, 1.807) is 4.68 Å². The highest BCUT2D eigenvalue weighted by molar-refractivity contribution is 5.37. The Morgan fingerprint density at radius 1 is 0.900 bits per heavy atom. The summed E-state index contributed by atoms with van der Waals surface area (Å²) in [5.41, 5.74) is 2.53. The first-order valence-corrected chi connectivity index (χ1v) is 7.04. The highest BCUT2D eigenvalue weighted by atomic mass is 16.1. The van der Waals surface area contributed by atoms with Gasteiger partial charge in [-0.15, -0.1) is 0 Å². The largest absolute Gasteiger partial charge is 0.294 e. The molecule has 0 fully saturated rings. The lowest BCUT2D eigenvalue weighted by Crippen LogP contribution is -2.27. The summed E-state index contributed by atoms with van der Waals surface area (Å²) in [6.45, 7) is 12.6. The summed E-state index contributed by atoms with van der Waals surface area (Å²) in [6, 6.07) is 9.71. The SMILES string of the molecule is CC(C)(C)c1[nH]n(-c2ccccc2)c(=O)c1C(C)(C)C. The third-order valence-corrected chi connectivity index (χ3v) is 3.40. The number of benzene rings is 1. The van der Waals surface area contributed by atoms with E-state index in [0.29, 0.717) is 0 Å². The van der Waals surface area contributed by atoms with E-state index in [-0.39, 0.29) is 16.4 Å². The Morgan fingerprint density at radius 3 is 1.85 bits per heavy atom. The molecule has 2 aromatic rings. The van der Waals surface area contributed by atoms with Gasteiger partial charge in [-0.2, -0.15) is 0 Å². The van der Waals surface area contributed by atoms with Crippen LogP contribution in [0.15, 0.2) is 35.1 Å². The van der Waals surface area contributed by atoms with Crippen molar-refractivity contribution in [2.45, 2.75) is 52.4 Å². The second kappa shape index (κ2) is 4.65. The maximum Gasteiger partial charge on any atom is 0.275 e. The van der Waals surface area contributed by atoms with E-state index in [0.717, 1.165) is 16.9 Å². The van der Waals surface area contributed by atoms with Crippen LogP contribution in [0.4, 0.5) is 0 Å². The van der Waals surface area contributed by atoms with Crippen LogP contribution in [0.2, 0.25) is 0 Å². The Labute approximate surface area is 120 Å². The molecule has 0 aliphatic carbocycles. The van der Waals surface area contributed by atoms with E-state index in [4.69, 9.17) is 0 Å². The number of hydrogen-bond donors (Lipinski definition) is 1. The lowest BCUT2D eigenvalue weighted by Gasteiger charge is -2.24. The Bertz CT molecular complexity index is 649. The summed E-state index contributed by atoms with van der Waals surface area (Å²) in [7, 11) is 0. The average Bonchev–Trinajstić information content (AvgIpc) is 2.67. The molecule has 20 heavy (non-hydrogen) atoms. The van der Waals surface area contributed by atoms with Crippen LogP contribution in [0.3, 0.4) is 0 Å². The predicted molar refractivity (Wildman–Crippen MR) is 83.8 cm³/mol. The molecule has 0 amide bonds. The van der Waals surface area contributed by atoms with Crippen LogP contribution in [-0.4, -0.2) is 9.78 Å². The maximum atomic E-state index is 12.8. The summed E-state index contributed by atoms with van der Waals surface area (Å²) < 4.78 is 1.65. The van der Waals surface area contributed by atoms with Crippen LogP contribution >= 0.6 is 0 Å². The number of hydrogen-bond acceptors (Lipinski definition) is 1. The van der Waals surface area contributed by atoms with Crippen molar-refractivity contribution in [3.63, 3.8) is 0 Å². The Morgan fingerprint density at radius 2 is 1.45 bits per heavy atom. The fourth-order valence-electron chi connectivity index (χ4n) is 2.43. The molecule has 3 heteroatoms. The average molecular weight is 272 g/mol. The van der Waals surface area contributed by atoms with Gasteiger partial charge in [-0.05, 0) is 17.5 Å². The molecule has 1 N–H and O–H groups in total. The van der Waals surface area contributed by atoms with Gasteiger partial charge in [0.15, 0.2) is 0 Å². The quantitative estimate of drug-likeness (QED) is 0.843. The monoisotopic (exact) mass is 272 g/mol. The number of nitrogens with zero attached hydrogens (tertiary/aromatic N) is 1. The first kappa shape index (κ1) is 14.6. The molecular weight excluding hydrogens is 248 g/mol. The van der Waals surface area contributed by atoms with Crippen molar-refractivity contribution in [1.29, 1.82) is 0 Å². The van der Waals surface area contributed by atoms with Crippen LogP contribution in [0.25, 0.3) is 5.69 Å². The van der Waals surface area contributed by atoms with E-state index >= 15 is 0 Å². The van der Waals surface area contributed by atoms with Crippen LogP contribution in [0, 0.1) is 0 Å². The number of nitrogens with one attached hydrogen (secondary N) is 1. The molecule has 1 heterocycles. The summed E-state index contributed by atoms with van der Waals surface area (Å²) in [5, 5.41) is 3.32. The smallest absolute Gasteiger partial charge is 0.275 e. The maximum absolute atomic E-state index is 12.8. The van der Waals surface area contributed by atoms with Crippen molar-refractivity contribution in [3.8, 4) is 5.69 Å². The molecule has 0 unspecified atom stereocenters. The van der Waals surface area contributed by atoms with E-state index < -0.39 is 0 Å². The summed E-state index contributed by atoms with van der Waals surface area (Å²) >= 11 is 0. The summed E-state index contributed by atoms with van der Waals surface area (Å²) in [6.07, 6.45) is 0. The zero-order valence-corrected chi connectivity index (χ0v) is 13.2. The molecule has 0 aliphatic heterocycles. The molecule has 1 aromatic carbocycles. The molecular formula is C17H24N2O. The fourth-order valence-corrected chi connectivity index (χ4v) is 2.43. The number of H-pyrrole nitrogens is 1. The predicted octanol–water partition coefficient (Wildman–Crippen LogP) is 3.76. The fraction of sp³-hybridized carbons (Fsp3) is 0.471. The van der Waals surface area contributed by atoms with Crippen molar-refractivity contribution in [3.05, 3.63) is 51.9 Å². The zero-order valence-electron chi connectivity index (χ0n) is 13.2. The van der Waals surface area contributed by atoms with Gasteiger partial charge in [0.05, 0.1) is 5.69 Å². The second-order valence-electron chi connectivity index (χ2n) is 7.34. The van der Waals surface area contributed by atoms with Crippen LogP contribution < -0.4 is 5.56 Å². The summed E-state index contributed by atoms with van der Waals surface area (Å²) in [5.74, 6) is 0. The Kier molecular flexibility index (Phi) is 3.41. The van der Waals surface area contributed by atoms with Gasteiger partial charge in [0, 0.05) is 16.7 Å². The molecule has 3 nitrogen and oxygen atoms in total. The van der Waals surface area contributed by atoms with Gasteiger partial charge in [0.1, 0.15) is 0 Å². The van der Waals surface area contributed by atoms with E-state index in [9.17, 15) is 4.79 Å². The Hall–Kier alpha value is -1.77. The molecule has 1 aromatic heterocycles. The van der Waals surface area contributed by atoms with Crippen LogP contribution in [-0.2, 0) is 10.8 Å². The molecule has 108 valence electrons. The molecule has 0 radical (unpaired) electrons. The van der Waals surface area contributed by atoms with Crippen molar-refractivity contribution < 1.29 is 0 Å². The number of aromatic nitrogens is 2. The van der Waals surface area contributed by atoms with Gasteiger partial charge in [-0.3, -0.25) is 9.89 Å². The van der Waals surface area contributed by atoms with Gasteiger partial charge >= 0.3 is 0 Å². The third-order valence-electron chi connectivity index (χ3n) is 3.40. The third kappa shape index (κ3) is 2.58. The highest BCUT2D eigenvalue weighted by Crippen LogP contribution is 2.30. The second-order valence-corrected chi connectivity index (χ2v) is 7.34. The molecule has 0 bridgehead atoms. The first-order valence-electron chi connectivity index (χ1n) is 7.04.